The van der Waals surface area contributed by atoms with Crippen molar-refractivity contribution >= 4 is 0 Å². The van der Waals surface area contributed by atoms with Gasteiger partial charge in [0, 0.05) is 0 Å². The van der Waals surface area contributed by atoms with Crippen LogP contribution >= 0.6 is 0 Å². The molecule has 0 amide bonds. The average molecular weight is 122 g/mol. The molecule has 0 aromatic carbocycles. The van der Waals surface area contributed by atoms with Crippen molar-refractivity contribution < 1.29 is 8.78 Å². The van der Waals surface area contributed by atoms with Gasteiger partial charge in [-0.05, 0) is 12.8 Å². The van der Waals surface area contributed by atoms with E-state index in [0.29, 0.717) is 0 Å². The molecule has 2 heteroatoms. The molecular formula is C6H12F2. The topological polar surface area (TPSA) is 0 Å². The first-order valence-corrected chi connectivity index (χ1v) is 3.00. The first kappa shape index (κ1) is 7.86. The zero-order chi connectivity index (χ0) is 6.57. The predicted octanol–water partition coefficient (Wildman–Crippen LogP) is 2.48. The highest BCUT2D eigenvalue weighted by Gasteiger charge is 2.14. The molecule has 0 fully saturated rings. The molecule has 0 radical (unpaired) electrons. The Hall–Kier alpha value is -0.140. The third-order valence-corrected chi connectivity index (χ3v) is 1.17. The third kappa shape index (κ3) is 2.24. The van der Waals surface area contributed by atoms with E-state index in [1.54, 1.807) is 13.8 Å². The summed E-state index contributed by atoms with van der Waals surface area (Å²) in [6, 6.07) is 0. The molecule has 8 heavy (non-hydrogen) atoms. The lowest BCUT2D eigenvalue weighted by atomic mass is 10.1. The van der Waals surface area contributed by atoms with E-state index in [9.17, 15) is 8.78 Å². The maximum Gasteiger partial charge on any atom is 0.131 e. The van der Waals surface area contributed by atoms with Crippen molar-refractivity contribution in [2.75, 3.05) is 0 Å². The van der Waals surface area contributed by atoms with Gasteiger partial charge in [0.1, 0.15) is 12.3 Å². The zero-order valence-electron chi connectivity index (χ0n) is 5.32. The van der Waals surface area contributed by atoms with E-state index in [-0.39, 0.29) is 12.8 Å². The molecule has 2 atom stereocenters. The number of halogens is 2. The first-order chi connectivity index (χ1) is 3.72. The van der Waals surface area contributed by atoms with Crippen LogP contribution in [-0.2, 0) is 0 Å². The standard InChI is InChI=1S/C6H12F2/c1-3-5(7)6(8)4-2/h5-6H,3-4H2,1-2H3/t5-,6?/m0/s1. The molecule has 0 aromatic heterocycles. The largest absolute Gasteiger partial charge is 0.244 e. The summed E-state index contributed by atoms with van der Waals surface area (Å²) in [6.45, 7) is 3.29. The van der Waals surface area contributed by atoms with Crippen LogP contribution in [-0.4, -0.2) is 12.3 Å². The number of hydrogen-bond acceptors (Lipinski definition) is 0. The molecule has 1 unspecified atom stereocenters. The molecule has 0 heterocycles. The van der Waals surface area contributed by atoms with Crippen LogP contribution in [0.3, 0.4) is 0 Å². The lowest BCUT2D eigenvalue weighted by molar-refractivity contribution is 0.158. The smallest absolute Gasteiger partial charge is 0.131 e. The van der Waals surface area contributed by atoms with Gasteiger partial charge in [-0.25, -0.2) is 8.78 Å². The summed E-state index contributed by atoms with van der Waals surface area (Å²) in [6.07, 6.45) is -1.93. The number of alkyl halides is 2. The molecule has 0 aromatic rings. The predicted molar refractivity (Wildman–Crippen MR) is 30.4 cm³/mol. The van der Waals surface area contributed by atoms with Crippen LogP contribution < -0.4 is 0 Å². The van der Waals surface area contributed by atoms with E-state index in [1.807, 2.05) is 0 Å². The van der Waals surface area contributed by atoms with E-state index >= 15 is 0 Å². The van der Waals surface area contributed by atoms with Gasteiger partial charge in [-0.3, -0.25) is 0 Å². The lowest BCUT2D eigenvalue weighted by Crippen LogP contribution is -2.14. The highest BCUT2D eigenvalue weighted by molar-refractivity contribution is 4.63. The Morgan fingerprint density at radius 2 is 1.25 bits per heavy atom. The minimum Gasteiger partial charge on any atom is -0.244 e. The van der Waals surface area contributed by atoms with Crippen molar-refractivity contribution in [2.24, 2.45) is 0 Å². The first-order valence-electron chi connectivity index (χ1n) is 3.00. The van der Waals surface area contributed by atoms with Crippen LogP contribution in [0.15, 0.2) is 0 Å². The Morgan fingerprint density at radius 1 is 1.00 bits per heavy atom. The summed E-state index contributed by atoms with van der Waals surface area (Å²) < 4.78 is 24.3. The van der Waals surface area contributed by atoms with Crippen molar-refractivity contribution in [3.05, 3.63) is 0 Å². The molecule has 0 nitrogen and oxygen atoms in total. The molecule has 0 N–H and O–H groups in total. The van der Waals surface area contributed by atoms with E-state index < -0.39 is 12.3 Å². The molecule has 0 saturated heterocycles. The molecule has 50 valence electrons. The van der Waals surface area contributed by atoms with Crippen LogP contribution in [0.4, 0.5) is 8.78 Å². The average Bonchev–Trinajstić information content (AvgIpc) is 1.84. The second-order valence-electron chi connectivity index (χ2n) is 1.85. The fourth-order valence-corrected chi connectivity index (χ4v) is 0.512. The Morgan fingerprint density at radius 3 is 1.38 bits per heavy atom. The van der Waals surface area contributed by atoms with Gasteiger partial charge in [-0.2, -0.15) is 0 Å². The van der Waals surface area contributed by atoms with Gasteiger partial charge < -0.3 is 0 Å². The van der Waals surface area contributed by atoms with Crippen molar-refractivity contribution in [3.8, 4) is 0 Å². The Kier molecular flexibility index (Phi) is 3.75. The molecule has 0 saturated carbocycles. The van der Waals surface area contributed by atoms with Crippen molar-refractivity contribution in [2.45, 2.75) is 39.0 Å². The van der Waals surface area contributed by atoms with Crippen molar-refractivity contribution in [3.63, 3.8) is 0 Å². The van der Waals surface area contributed by atoms with Crippen LogP contribution in [0.2, 0.25) is 0 Å². The van der Waals surface area contributed by atoms with E-state index in [0.717, 1.165) is 0 Å². The SMILES string of the molecule is CCC(F)[C@@H](F)CC. The van der Waals surface area contributed by atoms with Gasteiger partial charge >= 0.3 is 0 Å². The monoisotopic (exact) mass is 122 g/mol. The molecule has 0 aliphatic heterocycles. The Balaban J connectivity index is 3.29. The Labute approximate surface area is 48.9 Å². The minimum atomic E-state index is -1.25. The molecule has 0 aliphatic carbocycles. The van der Waals surface area contributed by atoms with Gasteiger partial charge in [0.2, 0.25) is 0 Å². The van der Waals surface area contributed by atoms with Crippen molar-refractivity contribution in [1.29, 1.82) is 0 Å². The van der Waals surface area contributed by atoms with Crippen LogP contribution in [0, 0.1) is 0 Å². The summed E-state index contributed by atoms with van der Waals surface area (Å²) >= 11 is 0. The third-order valence-electron chi connectivity index (χ3n) is 1.17. The normalized spacial score (nSPS) is 18.0. The fraction of sp³-hybridized carbons (Fsp3) is 1.00. The molecular weight excluding hydrogens is 110 g/mol. The highest BCUT2D eigenvalue weighted by Crippen LogP contribution is 2.10. The van der Waals surface area contributed by atoms with Gasteiger partial charge in [-0.15, -0.1) is 0 Å². The van der Waals surface area contributed by atoms with Gasteiger partial charge in [0.25, 0.3) is 0 Å². The second kappa shape index (κ2) is 3.81. The van der Waals surface area contributed by atoms with Crippen LogP contribution in [0.25, 0.3) is 0 Å². The molecule has 0 aliphatic rings. The second-order valence-corrected chi connectivity index (χ2v) is 1.85. The highest BCUT2D eigenvalue weighted by atomic mass is 19.2. The molecule has 0 rings (SSSR count). The van der Waals surface area contributed by atoms with Crippen LogP contribution in [0.1, 0.15) is 26.7 Å². The molecule has 0 bridgehead atoms. The van der Waals surface area contributed by atoms with Gasteiger partial charge in [-0.1, -0.05) is 13.8 Å². The summed E-state index contributed by atoms with van der Waals surface area (Å²) in [4.78, 5) is 0. The summed E-state index contributed by atoms with van der Waals surface area (Å²) in [5.41, 5.74) is 0. The van der Waals surface area contributed by atoms with E-state index in [2.05, 4.69) is 0 Å². The lowest BCUT2D eigenvalue weighted by Gasteiger charge is -2.06. The summed E-state index contributed by atoms with van der Waals surface area (Å²) in [5.74, 6) is 0. The maximum absolute atomic E-state index is 12.2. The van der Waals surface area contributed by atoms with Gasteiger partial charge in [0.15, 0.2) is 0 Å². The number of rotatable bonds is 3. The van der Waals surface area contributed by atoms with E-state index in [1.165, 1.54) is 0 Å². The summed E-state index contributed by atoms with van der Waals surface area (Å²) in [7, 11) is 0. The minimum absolute atomic E-state index is 0.287. The fourth-order valence-electron chi connectivity index (χ4n) is 0.512. The van der Waals surface area contributed by atoms with Gasteiger partial charge in [0.05, 0.1) is 0 Å². The van der Waals surface area contributed by atoms with Crippen LogP contribution in [0.5, 0.6) is 0 Å². The Bertz CT molecular complexity index is 46.5. The zero-order valence-corrected chi connectivity index (χ0v) is 5.32. The molecule has 0 spiro atoms. The quantitative estimate of drug-likeness (QED) is 0.539. The van der Waals surface area contributed by atoms with E-state index in [4.69, 9.17) is 0 Å². The maximum atomic E-state index is 12.2. The number of hydrogen-bond donors (Lipinski definition) is 0. The van der Waals surface area contributed by atoms with Crippen molar-refractivity contribution in [1.82, 2.24) is 0 Å². The summed E-state index contributed by atoms with van der Waals surface area (Å²) in [5, 5.41) is 0.